The van der Waals surface area contributed by atoms with Gasteiger partial charge in [-0.1, -0.05) is 0 Å². The zero-order chi connectivity index (χ0) is 20.7. The standard InChI is InChI=1S/C19H16F3N5O2/c1-26-18(10-5-12(20)17(22)13(21)6-10)11-3-4-27(9-15(11)25-26)19(28)14-7-24-16(29-2)8-23-14/h5-8H,3-4,9H2,1-2H3. The van der Waals surface area contributed by atoms with Crippen LogP contribution in [0.1, 0.15) is 21.7 Å². The number of carbonyl (C=O) groups excluding carboxylic acids is 1. The van der Waals surface area contributed by atoms with Gasteiger partial charge >= 0.3 is 0 Å². The van der Waals surface area contributed by atoms with Crippen LogP contribution < -0.4 is 4.74 Å². The Hall–Kier alpha value is -3.43. The predicted octanol–water partition coefficient (Wildman–Crippen LogP) is 2.50. The summed E-state index contributed by atoms with van der Waals surface area (Å²) in [4.78, 5) is 22.3. The lowest BCUT2D eigenvalue weighted by atomic mass is 9.99. The lowest BCUT2D eigenvalue weighted by Gasteiger charge is -2.26. The van der Waals surface area contributed by atoms with Crippen molar-refractivity contribution in [2.75, 3.05) is 13.7 Å². The number of ether oxygens (including phenoxy) is 1. The second-order valence-corrected chi connectivity index (χ2v) is 6.57. The van der Waals surface area contributed by atoms with Gasteiger partial charge in [0.25, 0.3) is 5.91 Å². The molecule has 1 aliphatic rings. The molecule has 3 heterocycles. The Morgan fingerprint density at radius 3 is 2.48 bits per heavy atom. The molecule has 2 aromatic heterocycles. The van der Waals surface area contributed by atoms with Gasteiger partial charge in [-0.2, -0.15) is 5.10 Å². The quantitative estimate of drug-likeness (QED) is 0.629. The Bertz CT molecular complexity index is 1070. The van der Waals surface area contributed by atoms with E-state index in [1.165, 1.54) is 24.2 Å². The van der Waals surface area contributed by atoms with Crippen LogP contribution in [0.4, 0.5) is 13.2 Å². The van der Waals surface area contributed by atoms with E-state index in [2.05, 4.69) is 15.1 Å². The molecule has 1 aliphatic heterocycles. The molecule has 7 nitrogen and oxygen atoms in total. The number of benzene rings is 1. The molecule has 0 N–H and O–H groups in total. The van der Waals surface area contributed by atoms with E-state index in [4.69, 9.17) is 4.74 Å². The number of nitrogens with zero attached hydrogens (tertiary/aromatic N) is 5. The summed E-state index contributed by atoms with van der Waals surface area (Å²) in [7, 11) is 3.09. The van der Waals surface area contributed by atoms with Crippen molar-refractivity contribution in [1.29, 1.82) is 0 Å². The summed E-state index contributed by atoms with van der Waals surface area (Å²) in [6.45, 7) is 0.576. The number of rotatable bonds is 3. The Morgan fingerprint density at radius 2 is 1.86 bits per heavy atom. The van der Waals surface area contributed by atoms with Crippen molar-refractivity contribution >= 4 is 5.91 Å². The van der Waals surface area contributed by atoms with Crippen molar-refractivity contribution in [3.8, 4) is 17.1 Å². The SMILES string of the molecule is COc1cnc(C(=O)N2CCc3c(nn(C)c3-c3cc(F)c(F)c(F)c3)C2)cn1. The van der Waals surface area contributed by atoms with Crippen LogP contribution in [-0.4, -0.2) is 44.2 Å². The molecular weight excluding hydrogens is 387 g/mol. The summed E-state index contributed by atoms with van der Waals surface area (Å²) >= 11 is 0. The fraction of sp³-hybridized carbons (Fsp3) is 0.263. The van der Waals surface area contributed by atoms with Crippen LogP contribution in [0.3, 0.4) is 0 Å². The van der Waals surface area contributed by atoms with E-state index < -0.39 is 17.5 Å². The summed E-state index contributed by atoms with van der Waals surface area (Å²) < 4.78 is 47.1. The number of carbonyl (C=O) groups is 1. The highest BCUT2D eigenvalue weighted by Crippen LogP contribution is 2.32. The van der Waals surface area contributed by atoms with E-state index in [1.54, 1.807) is 11.9 Å². The van der Waals surface area contributed by atoms with Crippen LogP contribution in [0.25, 0.3) is 11.3 Å². The molecule has 1 amide bonds. The molecule has 3 aromatic rings. The van der Waals surface area contributed by atoms with Gasteiger partial charge in [0.2, 0.25) is 5.88 Å². The van der Waals surface area contributed by atoms with Gasteiger partial charge in [0.1, 0.15) is 5.69 Å². The van der Waals surface area contributed by atoms with Crippen LogP contribution in [0.15, 0.2) is 24.5 Å². The molecule has 29 heavy (non-hydrogen) atoms. The Labute approximate surface area is 163 Å². The maximum Gasteiger partial charge on any atom is 0.274 e. The summed E-state index contributed by atoms with van der Waals surface area (Å²) in [5.74, 6) is -4.05. The van der Waals surface area contributed by atoms with E-state index >= 15 is 0 Å². The number of amides is 1. The van der Waals surface area contributed by atoms with Crippen molar-refractivity contribution in [2.45, 2.75) is 13.0 Å². The Kier molecular flexibility index (Phi) is 4.69. The van der Waals surface area contributed by atoms with Crippen molar-refractivity contribution in [1.82, 2.24) is 24.6 Å². The lowest BCUT2D eigenvalue weighted by Crippen LogP contribution is -2.36. The zero-order valence-electron chi connectivity index (χ0n) is 15.6. The number of aryl methyl sites for hydroxylation is 1. The van der Waals surface area contributed by atoms with Crippen molar-refractivity contribution in [3.05, 3.63) is 58.9 Å². The molecule has 0 spiro atoms. The molecule has 4 rings (SSSR count). The molecule has 0 atom stereocenters. The molecular formula is C19H16F3N5O2. The van der Waals surface area contributed by atoms with Crippen LogP contribution >= 0.6 is 0 Å². The summed E-state index contributed by atoms with van der Waals surface area (Å²) in [6.07, 6.45) is 3.12. The summed E-state index contributed by atoms with van der Waals surface area (Å²) in [6, 6.07) is 1.89. The second kappa shape index (κ2) is 7.19. The molecule has 0 aliphatic carbocycles. The van der Waals surface area contributed by atoms with E-state index in [1.807, 2.05) is 0 Å². The highest BCUT2D eigenvalue weighted by Gasteiger charge is 2.29. The topological polar surface area (TPSA) is 73.1 Å². The first-order valence-corrected chi connectivity index (χ1v) is 8.74. The first kappa shape index (κ1) is 18.9. The maximum atomic E-state index is 13.7. The van der Waals surface area contributed by atoms with E-state index in [9.17, 15) is 18.0 Å². The largest absolute Gasteiger partial charge is 0.480 e. The number of fused-ring (bicyclic) bond motifs is 1. The highest BCUT2D eigenvalue weighted by atomic mass is 19.2. The third-order valence-electron chi connectivity index (χ3n) is 4.80. The summed E-state index contributed by atoms with van der Waals surface area (Å²) in [5.41, 5.74) is 2.23. The predicted molar refractivity (Wildman–Crippen MR) is 95.5 cm³/mol. The van der Waals surface area contributed by atoms with Crippen LogP contribution in [0, 0.1) is 17.5 Å². The van der Waals surface area contributed by atoms with Gasteiger partial charge in [0, 0.05) is 24.7 Å². The molecule has 10 heteroatoms. The fourth-order valence-electron chi connectivity index (χ4n) is 3.44. The Morgan fingerprint density at radius 1 is 1.14 bits per heavy atom. The molecule has 0 saturated carbocycles. The minimum Gasteiger partial charge on any atom is -0.480 e. The van der Waals surface area contributed by atoms with Gasteiger partial charge in [0.15, 0.2) is 17.5 Å². The van der Waals surface area contributed by atoms with Crippen molar-refractivity contribution in [3.63, 3.8) is 0 Å². The smallest absolute Gasteiger partial charge is 0.274 e. The fourth-order valence-corrected chi connectivity index (χ4v) is 3.44. The van der Waals surface area contributed by atoms with Crippen molar-refractivity contribution < 1.29 is 22.7 Å². The average molecular weight is 403 g/mol. The van der Waals surface area contributed by atoms with E-state index in [0.29, 0.717) is 30.2 Å². The number of halogens is 3. The molecule has 150 valence electrons. The molecule has 0 saturated heterocycles. The van der Waals surface area contributed by atoms with Gasteiger partial charge < -0.3 is 9.64 Å². The lowest BCUT2D eigenvalue weighted by molar-refractivity contribution is 0.0725. The molecule has 0 radical (unpaired) electrons. The molecule has 0 unspecified atom stereocenters. The number of hydrogen-bond donors (Lipinski definition) is 0. The van der Waals surface area contributed by atoms with E-state index in [0.717, 1.165) is 17.7 Å². The minimum absolute atomic E-state index is 0.174. The number of methoxy groups -OCH3 is 1. The summed E-state index contributed by atoms with van der Waals surface area (Å²) in [5, 5.41) is 4.39. The Balaban J connectivity index is 1.63. The van der Waals surface area contributed by atoms with Gasteiger partial charge in [-0.15, -0.1) is 0 Å². The maximum absolute atomic E-state index is 13.7. The number of hydrogen-bond acceptors (Lipinski definition) is 5. The van der Waals surface area contributed by atoms with Crippen LogP contribution in [0.5, 0.6) is 5.88 Å². The first-order valence-electron chi connectivity index (χ1n) is 8.74. The third kappa shape index (κ3) is 3.30. The minimum atomic E-state index is -1.51. The van der Waals surface area contributed by atoms with Crippen LogP contribution in [-0.2, 0) is 20.0 Å². The average Bonchev–Trinajstić information content (AvgIpc) is 3.06. The van der Waals surface area contributed by atoms with E-state index in [-0.39, 0.29) is 23.7 Å². The first-order chi connectivity index (χ1) is 13.9. The second-order valence-electron chi connectivity index (χ2n) is 6.57. The number of aromatic nitrogens is 4. The van der Waals surface area contributed by atoms with Gasteiger partial charge in [-0.25, -0.2) is 23.1 Å². The van der Waals surface area contributed by atoms with Gasteiger partial charge in [-0.3, -0.25) is 9.48 Å². The highest BCUT2D eigenvalue weighted by molar-refractivity contribution is 5.92. The zero-order valence-corrected chi connectivity index (χ0v) is 15.6. The van der Waals surface area contributed by atoms with Crippen LogP contribution in [0.2, 0.25) is 0 Å². The third-order valence-corrected chi connectivity index (χ3v) is 4.80. The van der Waals surface area contributed by atoms with Gasteiger partial charge in [0.05, 0.1) is 37.4 Å². The molecule has 0 bridgehead atoms. The van der Waals surface area contributed by atoms with Crippen molar-refractivity contribution in [2.24, 2.45) is 7.05 Å². The normalized spacial score (nSPS) is 13.3. The monoisotopic (exact) mass is 403 g/mol. The molecule has 0 fully saturated rings. The van der Waals surface area contributed by atoms with Gasteiger partial charge in [-0.05, 0) is 18.6 Å². The molecule has 1 aromatic carbocycles.